The van der Waals surface area contributed by atoms with E-state index in [1.54, 1.807) is 6.33 Å². The molecule has 0 unspecified atom stereocenters. The van der Waals surface area contributed by atoms with Gasteiger partial charge in [0.1, 0.15) is 11.8 Å². The van der Waals surface area contributed by atoms with Crippen LogP contribution in [0.4, 0.5) is 0 Å². The summed E-state index contributed by atoms with van der Waals surface area (Å²) in [6.07, 6.45) is 7.72. The highest BCUT2D eigenvalue weighted by atomic mass is 35.5. The fourth-order valence-electron chi connectivity index (χ4n) is 1.54. The lowest BCUT2D eigenvalue weighted by Gasteiger charge is -2.02. The van der Waals surface area contributed by atoms with Crippen LogP contribution in [0.3, 0.4) is 0 Å². The van der Waals surface area contributed by atoms with Gasteiger partial charge in [0.25, 0.3) is 0 Å². The first-order chi connectivity index (χ1) is 7.83. The molecule has 4 nitrogen and oxygen atoms in total. The van der Waals surface area contributed by atoms with Gasteiger partial charge in [-0.1, -0.05) is 11.6 Å². The molecule has 0 aromatic carbocycles. The van der Waals surface area contributed by atoms with Crippen molar-refractivity contribution in [2.24, 2.45) is 0 Å². The second-order valence-electron chi connectivity index (χ2n) is 3.47. The first-order valence-electron chi connectivity index (χ1n) is 5.13. The Morgan fingerprint density at radius 1 is 1.31 bits per heavy atom. The largest absolute Gasteiger partial charge is 0.315 e. The summed E-state index contributed by atoms with van der Waals surface area (Å²) in [5.74, 6) is 1.20. The minimum atomic E-state index is 0.424. The predicted octanol–water partition coefficient (Wildman–Crippen LogP) is 2.62. The van der Waals surface area contributed by atoms with E-state index in [2.05, 4.69) is 21.2 Å². The molecule has 0 atom stereocenters. The lowest BCUT2D eigenvalue weighted by Crippen LogP contribution is -1.98. The highest BCUT2D eigenvalue weighted by Crippen LogP contribution is 2.17. The molecule has 6 heteroatoms. The minimum absolute atomic E-state index is 0.424. The smallest absolute Gasteiger partial charge is 0.164 e. The summed E-state index contributed by atoms with van der Waals surface area (Å²) < 4.78 is 2.03. The van der Waals surface area contributed by atoms with E-state index >= 15 is 0 Å². The summed E-state index contributed by atoms with van der Waals surface area (Å²) in [5.41, 5.74) is 1.51. The molecule has 2 aromatic rings. The van der Waals surface area contributed by atoms with Crippen molar-refractivity contribution in [3.05, 3.63) is 17.8 Å². The van der Waals surface area contributed by atoms with Crippen LogP contribution < -0.4 is 0 Å². The molecule has 0 saturated heterocycles. The Labute approximate surface area is 103 Å². The fourth-order valence-corrected chi connectivity index (χ4v) is 2.21. The average Bonchev–Trinajstić information content (AvgIpc) is 2.70. The summed E-state index contributed by atoms with van der Waals surface area (Å²) in [7, 11) is 0. The first-order valence-corrected chi connectivity index (χ1v) is 6.90. The highest BCUT2D eigenvalue weighted by Gasteiger charge is 2.07. The SMILES string of the molecule is CSCCCCn1cnc2c(Cl)ncnc21. The van der Waals surface area contributed by atoms with Gasteiger partial charge in [-0.2, -0.15) is 11.8 Å². The van der Waals surface area contributed by atoms with Gasteiger partial charge in [0.05, 0.1) is 6.33 Å². The third-order valence-corrected chi connectivity index (χ3v) is 3.33. The molecule has 2 heterocycles. The van der Waals surface area contributed by atoms with E-state index in [1.807, 2.05) is 16.3 Å². The van der Waals surface area contributed by atoms with Gasteiger partial charge >= 0.3 is 0 Å². The molecule has 2 rings (SSSR count). The number of imidazole rings is 1. The Morgan fingerprint density at radius 2 is 2.19 bits per heavy atom. The first kappa shape index (κ1) is 11.7. The van der Waals surface area contributed by atoms with E-state index in [-0.39, 0.29) is 0 Å². The van der Waals surface area contributed by atoms with Gasteiger partial charge in [-0.25, -0.2) is 15.0 Å². The zero-order valence-electron chi connectivity index (χ0n) is 9.06. The summed E-state index contributed by atoms with van der Waals surface area (Å²) >= 11 is 7.80. The van der Waals surface area contributed by atoms with Gasteiger partial charge in [0, 0.05) is 6.54 Å². The Hall–Kier alpha value is -0.810. The minimum Gasteiger partial charge on any atom is -0.315 e. The third kappa shape index (κ3) is 2.47. The Morgan fingerprint density at radius 3 is 3.00 bits per heavy atom. The van der Waals surface area contributed by atoms with Crippen molar-refractivity contribution in [2.75, 3.05) is 12.0 Å². The van der Waals surface area contributed by atoms with E-state index in [0.717, 1.165) is 18.6 Å². The number of fused-ring (bicyclic) bond motifs is 1. The number of halogens is 1. The van der Waals surface area contributed by atoms with Crippen molar-refractivity contribution in [3.8, 4) is 0 Å². The zero-order chi connectivity index (χ0) is 11.4. The van der Waals surface area contributed by atoms with Crippen molar-refractivity contribution < 1.29 is 0 Å². The normalized spacial score (nSPS) is 11.1. The van der Waals surface area contributed by atoms with E-state index < -0.39 is 0 Å². The lowest BCUT2D eigenvalue weighted by molar-refractivity contribution is 0.645. The molecule has 0 amide bonds. The van der Waals surface area contributed by atoms with Crippen molar-refractivity contribution >= 4 is 34.5 Å². The van der Waals surface area contributed by atoms with Crippen LogP contribution in [0.15, 0.2) is 12.7 Å². The molecule has 0 radical (unpaired) electrons. The maximum Gasteiger partial charge on any atom is 0.164 e. The van der Waals surface area contributed by atoms with Gasteiger partial charge in [-0.3, -0.25) is 0 Å². The van der Waals surface area contributed by atoms with Crippen molar-refractivity contribution in [1.82, 2.24) is 19.5 Å². The summed E-state index contributed by atoms with van der Waals surface area (Å²) in [5, 5.41) is 0.424. The quantitative estimate of drug-likeness (QED) is 0.609. The molecule has 0 saturated carbocycles. The van der Waals surface area contributed by atoms with Gasteiger partial charge in [-0.15, -0.1) is 0 Å². The number of thioether (sulfide) groups is 1. The number of aryl methyl sites for hydroxylation is 1. The number of hydrogen-bond donors (Lipinski definition) is 0. The van der Waals surface area contributed by atoms with E-state index in [4.69, 9.17) is 11.6 Å². The van der Waals surface area contributed by atoms with Crippen LogP contribution >= 0.6 is 23.4 Å². The van der Waals surface area contributed by atoms with Crippen LogP contribution in [0.2, 0.25) is 5.15 Å². The Balaban J connectivity index is 2.10. The average molecular weight is 257 g/mol. The predicted molar refractivity (Wildman–Crippen MR) is 67.9 cm³/mol. The Bertz CT molecular complexity index is 471. The topological polar surface area (TPSA) is 43.6 Å². The van der Waals surface area contributed by atoms with Gasteiger partial charge in [-0.05, 0) is 24.9 Å². The van der Waals surface area contributed by atoms with Crippen LogP contribution in [0.5, 0.6) is 0 Å². The zero-order valence-corrected chi connectivity index (χ0v) is 10.6. The molecule has 86 valence electrons. The van der Waals surface area contributed by atoms with E-state index in [1.165, 1.54) is 18.5 Å². The van der Waals surface area contributed by atoms with Gasteiger partial charge < -0.3 is 4.57 Å². The van der Waals surface area contributed by atoms with E-state index in [0.29, 0.717) is 10.7 Å². The number of aromatic nitrogens is 4. The van der Waals surface area contributed by atoms with Gasteiger partial charge in [0.15, 0.2) is 10.8 Å². The molecule has 16 heavy (non-hydrogen) atoms. The monoisotopic (exact) mass is 256 g/mol. The second kappa shape index (κ2) is 5.50. The number of unbranched alkanes of at least 4 members (excludes halogenated alkanes) is 1. The van der Waals surface area contributed by atoms with Crippen LogP contribution in [0, 0.1) is 0 Å². The summed E-state index contributed by atoms with van der Waals surface area (Å²) in [6.45, 7) is 0.935. The van der Waals surface area contributed by atoms with Crippen LogP contribution in [0.1, 0.15) is 12.8 Å². The highest BCUT2D eigenvalue weighted by molar-refractivity contribution is 7.98. The van der Waals surface area contributed by atoms with Crippen molar-refractivity contribution in [1.29, 1.82) is 0 Å². The molecule has 0 fully saturated rings. The molecule has 0 spiro atoms. The third-order valence-electron chi connectivity index (χ3n) is 2.35. The standard InChI is InChI=1S/C10H13ClN4S/c1-16-5-3-2-4-15-7-14-8-9(11)12-6-13-10(8)15/h6-7H,2-5H2,1H3. The van der Waals surface area contributed by atoms with Crippen LogP contribution in [-0.2, 0) is 6.54 Å². The fraction of sp³-hybridized carbons (Fsp3) is 0.500. The second-order valence-corrected chi connectivity index (χ2v) is 4.82. The maximum atomic E-state index is 5.92. The number of hydrogen-bond acceptors (Lipinski definition) is 4. The van der Waals surface area contributed by atoms with Crippen molar-refractivity contribution in [2.45, 2.75) is 19.4 Å². The molecule has 0 aliphatic rings. The maximum absolute atomic E-state index is 5.92. The van der Waals surface area contributed by atoms with Crippen molar-refractivity contribution in [3.63, 3.8) is 0 Å². The molecular weight excluding hydrogens is 244 g/mol. The molecule has 0 bridgehead atoms. The van der Waals surface area contributed by atoms with Gasteiger partial charge in [0.2, 0.25) is 0 Å². The molecule has 0 aliphatic carbocycles. The molecule has 2 aromatic heterocycles. The Kier molecular flexibility index (Phi) is 4.01. The van der Waals surface area contributed by atoms with E-state index in [9.17, 15) is 0 Å². The number of rotatable bonds is 5. The molecular formula is C10H13ClN4S. The molecule has 0 N–H and O–H groups in total. The molecule has 0 aliphatic heterocycles. The summed E-state index contributed by atoms with van der Waals surface area (Å²) in [6, 6.07) is 0. The van der Waals surface area contributed by atoms with Crippen LogP contribution in [0.25, 0.3) is 11.2 Å². The number of nitrogens with zero attached hydrogens (tertiary/aromatic N) is 4. The van der Waals surface area contributed by atoms with Crippen LogP contribution in [-0.4, -0.2) is 31.5 Å². The summed E-state index contributed by atoms with van der Waals surface area (Å²) in [4.78, 5) is 12.3. The lowest BCUT2D eigenvalue weighted by atomic mass is 10.3.